The fourth-order valence-electron chi connectivity index (χ4n) is 8.98. The molecule has 0 aliphatic heterocycles. The zero-order chi connectivity index (χ0) is 36.3. The highest BCUT2D eigenvalue weighted by Gasteiger charge is 2.46. The van der Waals surface area contributed by atoms with Crippen molar-refractivity contribution in [2.75, 3.05) is 4.90 Å². The fourth-order valence-corrected chi connectivity index (χ4v) is 8.98. The molecule has 0 fully saturated rings. The lowest BCUT2D eigenvalue weighted by atomic mass is 9.67. The van der Waals surface area contributed by atoms with Gasteiger partial charge in [-0.1, -0.05) is 164 Å². The molecular weight excluding hydrogens is 669 g/mol. The van der Waals surface area contributed by atoms with Crippen molar-refractivity contribution in [3.05, 3.63) is 229 Å². The number of aromatic nitrogens is 1. The zero-order valence-corrected chi connectivity index (χ0v) is 29.9. The number of benzene rings is 8. The normalized spacial score (nSPS) is 12.9. The van der Waals surface area contributed by atoms with Crippen molar-refractivity contribution in [1.82, 2.24) is 4.98 Å². The van der Waals surface area contributed by atoms with Crippen molar-refractivity contribution in [3.63, 3.8) is 0 Å². The van der Waals surface area contributed by atoms with Crippen LogP contribution in [0.2, 0.25) is 0 Å². The van der Waals surface area contributed by atoms with Crippen molar-refractivity contribution in [1.29, 1.82) is 0 Å². The van der Waals surface area contributed by atoms with Crippen LogP contribution in [0.4, 0.5) is 17.1 Å². The van der Waals surface area contributed by atoms with Crippen LogP contribution in [-0.4, -0.2) is 4.98 Å². The number of pyridine rings is 1. The van der Waals surface area contributed by atoms with Crippen LogP contribution in [0.5, 0.6) is 0 Å². The molecule has 0 N–H and O–H groups in total. The Balaban J connectivity index is 1.19. The number of nitrogens with zero attached hydrogens (tertiary/aromatic N) is 2. The lowest BCUT2D eigenvalue weighted by molar-refractivity contribution is 0.672. The summed E-state index contributed by atoms with van der Waals surface area (Å²) >= 11 is 0. The quantitative estimate of drug-likeness (QED) is 0.173. The fraction of sp³-hybridized carbons (Fsp3) is 0.0192. The van der Waals surface area contributed by atoms with Gasteiger partial charge in [0.1, 0.15) is 11.1 Å². The molecule has 2 aromatic heterocycles. The van der Waals surface area contributed by atoms with Gasteiger partial charge < -0.3 is 9.32 Å². The molecule has 0 atom stereocenters. The maximum absolute atomic E-state index is 6.93. The Bertz CT molecular complexity index is 2980. The molecule has 10 aromatic rings. The van der Waals surface area contributed by atoms with Crippen LogP contribution in [0.3, 0.4) is 0 Å². The van der Waals surface area contributed by atoms with E-state index in [1.807, 2.05) is 6.20 Å². The third-order valence-corrected chi connectivity index (χ3v) is 11.4. The summed E-state index contributed by atoms with van der Waals surface area (Å²) in [6.45, 7) is 0. The highest BCUT2D eigenvalue weighted by atomic mass is 16.3. The van der Waals surface area contributed by atoms with Gasteiger partial charge >= 0.3 is 0 Å². The third kappa shape index (κ3) is 4.73. The van der Waals surface area contributed by atoms with E-state index < -0.39 is 5.41 Å². The maximum atomic E-state index is 6.93. The molecule has 0 bridgehead atoms. The molecule has 3 heteroatoms. The van der Waals surface area contributed by atoms with E-state index in [1.165, 1.54) is 38.9 Å². The SMILES string of the molecule is c1ccc(-c2ccc(N(c3ccc4c(c3)C(c3ccccc3)(c3ccccc3)c3ccccc3-4)c3ccnc4c3oc3c5ccccc5ccc43)cc2)cc1. The number of anilines is 3. The lowest BCUT2D eigenvalue weighted by Crippen LogP contribution is -2.28. The molecule has 11 rings (SSSR count). The maximum Gasteiger partial charge on any atom is 0.177 e. The molecule has 3 nitrogen and oxygen atoms in total. The number of hydrogen-bond acceptors (Lipinski definition) is 3. The molecule has 2 heterocycles. The van der Waals surface area contributed by atoms with E-state index in [1.54, 1.807) is 0 Å². The van der Waals surface area contributed by atoms with Gasteiger partial charge in [-0.2, -0.15) is 0 Å². The average molecular weight is 703 g/mol. The minimum Gasteiger partial charge on any atom is -0.451 e. The van der Waals surface area contributed by atoms with Crippen LogP contribution in [0.15, 0.2) is 211 Å². The number of furan rings is 1. The van der Waals surface area contributed by atoms with E-state index in [9.17, 15) is 0 Å². The summed E-state index contributed by atoms with van der Waals surface area (Å²) < 4.78 is 6.93. The van der Waals surface area contributed by atoms with Crippen LogP contribution in [0.1, 0.15) is 22.3 Å². The van der Waals surface area contributed by atoms with Crippen LogP contribution < -0.4 is 4.90 Å². The Kier molecular flexibility index (Phi) is 7.08. The average Bonchev–Trinajstić information content (AvgIpc) is 3.80. The molecular formula is C52H34N2O. The van der Waals surface area contributed by atoms with Gasteiger partial charge in [-0.25, -0.2) is 0 Å². The summed E-state index contributed by atoms with van der Waals surface area (Å²) in [5.74, 6) is 0. The Morgan fingerprint density at radius 3 is 1.82 bits per heavy atom. The van der Waals surface area contributed by atoms with Crippen LogP contribution in [-0.2, 0) is 5.41 Å². The van der Waals surface area contributed by atoms with Crippen molar-refractivity contribution in [2.24, 2.45) is 0 Å². The topological polar surface area (TPSA) is 29.3 Å². The van der Waals surface area contributed by atoms with Gasteiger partial charge in [-0.15, -0.1) is 0 Å². The molecule has 1 aliphatic rings. The Labute approximate surface area is 319 Å². The van der Waals surface area contributed by atoms with Gasteiger partial charge in [0.2, 0.25) is 0 Å². The van der Waals surface area contributed by atoms with E-state index in [2.05, 4.69) is 205 Å². The first-order chi connectivity index (χ1) is 27.3. The predicted octanol–water partition coefficient (Wildman–Crippen LogP) is 13.6. The first kappa shape index (κ1) is 31.3. The smallest absolute Gasteiger partial charge is 0.177 e. The minimum absolute atomic E-state index is 0.529. The summed E-state index contributed by atoms with van der Waals surface area (Å²) in [7, 11) is 0. The molecule has 0 unspecified atom stereocenters. The molecule has 0 saturated heterocycles. The van der Waals surface area contributed by atoms with Crippen molar-refractivity contribution in [3.8, 4) is 22.3 Å². The predicted molar refractivity (Wildman–Crippen MR) is 226 cm³/mol. The second-order valence-corrected chi connectivity index (χ2v) is 14.3. The van der Waals surface area contributed by atoms with Crippen LogP contribution >= 0.6 is 0 Å². The second-order valence-electron chi connectivity index (χ2n) is 14.3. The standard InChI is InChI=1S/C52H34N2O/c1-4-14-35(15-5-1)36-24-27-40(28-25-36)54(48-32-33-53-49-45-30-26-37-16-10-11-21-42(37)50(45)55-51(48)49)41-29-31-44-43-22-12-13-23-46(43)52(47(44)34-41,38-17-6-2-7-18-38)39-19-8-3-9-20-39/h1-34H. The summed E-state index contributed by atoms with van der Waals surface area (Å²) in [4.78, 5) is 7.27. The molecule has 1 aliphatic carbocycles. The highest BCUT2D eigenvalue weighted by Crippen LogP contribution is 2.57. The van der Waals surface area contributed by atoms with Gasteiger partial charge in [-0.05, 0) is 86.3 Å². The summed E-state index contributed by atoms with van der Waals surface area (Å²) in [5.41, 5.74) is 14.8. The number of rotatable bonds is 6. The van der Waals surface area contributed by atoms with Crippen molar-refractivity contribution < 1.29 is 4.42 Å². The Morgan fingerprint density at radius 2 is 1.05 bits per heavy atom. The molecule has 55 heavy (non-hydrogen) atoms. The van der Waals surface area contributed by atoms with Crippen molar-refractivity contribution >= 4 is 49.9 Å². The molecule has 8 aromatic carbocycles. The number of hydrogen-bond donors (Lipinski definition) is 0. The lowest BCUT2D eigenvalue weighted by Gasteiger charge is -2.35. The first-order valence-corrected chi connectivity index (χ1v) is 18.8. The van der Waals surface area contributed by atoms with Crippen LogP contribution in [0.25, 0.3) is 55.1 Å². The second kappa shape index (κ2) is 12.4. The largest absolute Gasteiger partial charge is 0.451 e. The van der Waals surface area contributed by atoms with Gasteiger partial charge in [0.15, 0.2) is 5.58 Å². The van der Waals surface area contributed by atoms with Gasteiger partial charge in [0, 0.05) is 28.3 Å². The van der Waals surface area contributed by atoms with Gasteiger partial charge in [0.05, 0.1) is 11.1 Å². The Hall–Kier alpha value is -7.23. The summed E-state index contributed by atoms with van der Waals surface area (Å²) in [6, 6.07) is 72.0. The third-order valence-electron chi connectivity index (χ3n) is 11.4. The van der Waals surface area contributed by atoms with Gasteiger partial charge in [0.25, 0.3) is 0 Å². The molecule has 0 amide bonds. The van der Waals surface area contributed by atoms with E-state index in [-0.39, 0.29) is 0 Å². The highest BCUT2D eigenvalue weighted by molar-refractivity contribution is 6.16. The van der Waals surface area contributed by atoms with E-state index in [0.29, 0.717) is 0 Å². The molecule has 0 spiro atoms. The van der Waals surface area contributed by atoms with Gasteiger partial charge in [-0.3, -0.25) is 4.98 Å². The monoisotopic (exact) mass is 702 g/mol. The Morgan fingerprint density at radius 1 is 0.436 bits per heavy atom. The summed E-state index contributed by atoms with van der Waals surface area (Å²) in [6.07, 6.45) is 1.91. The molecule has 258 valence electrons. The zero-order valence-electron chi connectivity index (χ0n) is 29.9. The minimum atomic E-state index is -0.529. The summed E-state index contributed by atoms with van der Waals surface area (Å²) in [5, 5.41) is 3.22. The molecule has 0 radical (unpaired) electrons. The number of fused-ring (bicyclic) bond motifs is 8. The molecule has 0 saturated carbocycles. The first-order valence-electron chi connectivity index (χ1n) is 18.8. The van der Waals surface area contributed by atoms with E-state index >= 15 is 0 Å². The van der Waals surface area contributed by atoms with E-state index in [0.717, 1.165) is 55.5 Å². The van der Waals surface area contributed by atoms with Crippen molar-refractivity contribution in [2.45, 2.75) is 5.41 Å². The van der Waals surface area contributed by atoms with E-state index in [4.69, 9.17) is 9.40 Å². The van der Waals surface area contributed by atoms with Crippen LogP contribution in [0, 0.1) is 0 Å².